The van der Waals surface area contributed by atoms with Crippen LogP contribution in [0, 0.1) is 20.8 Å². The van der Waals surface area contributed by atoms with E-state index in [1.165, 1.54) is 32.2 Å². The number of aliphatic hydroxyl groups excluding tert-OH is 1. The van der Waals surface area contributed by atoms with Gasteiger partial charge in [0.15, 0.2) is 17.3 Å². The molecular weight excluding hydrogens is 671 g/mol. The van der Waals surface area contributed by atoms with Gasteiger partial charge in [-0.25, -0.2) is 8.42 Å². The fraction of sp³-hybridized carbons (Fsp3) is 0.242. The summed E-state index contributed by atoms with van der Waals surface area (Å²) >= 11 is 12.2. The minimum Gasteiger partial charge on any atom is -0.507 e. The fourth-order valence-electron chi connectivity index (χ4n) is 5.86. The number of aryl methyl sites for hydroxylation is 3. The standard InChI is InChI=1S/C33H30Cl2N2O9S/c1-14-7-18(37-47(43,44)25-9-16(3)20(34)10-21(25)35)8-15(2)19(14)13-36-32(42)28-24(45-6)11-23(40)29-30(28)46-26-12-22(39)27(17(4)38)31(41)33(26,29)5/h7-12,37,39-40H,13H2,1-6H3,(H,36,42)/t33-/m1/s1. The van der Waals surface area contributed by atoms with Gasteiger partial charge in [0.25, 0.3) is 15.9 Å². The number of hydrogen-bond donors (Lipinski definition) is 4. The van der Waals surface area contributed by atoms with Crippen LogP contribution in [0.2, 0.25) is 10.0 Å². The number of aliphatic hydroxyl groups is 1. The second-order valence-electron chi connectivity index (χ2n) is 11.5. The number of phenolic OH excluding ortho intramolecular Hbond substituents is 1. The van der Waals surface area contributed by atoms with Crippen LogP contribution in [0.3, 0.4) is 0 Å². The number of rotatable bonds is 8. The van der Waals surface area contributed by atoms with Gasteiger partial charge >= 0.3 is 0 Å². The quantitative estimate of drug-likeness (QED) is 0.210. The summed E-state index contributed by atoms with van der Waals surface area (Å²) in [6, 6.07) is 7.15. The maximum atomic E-state index is 13.7. The van der Waals surface area contributed by atoms with Crippen LogP contribution < -0.4 is 19.5 Å². The Hall–Kier alpha value is -4.52. The monoisotopic (exact) mass is 700 g/mol. The average Bonchev–Trinajstić information content (AvgIpc) is 3.27. The van der Waals surface area contributed by atoms with Crippen molar-refractivity contribution < 1.29 is 42.5 Å². The van der Waals surface area contributed by atoms with E-state index in [4.69, 9.17) is 32.7 Å². The first kappa shape index (κ1) is 33.8. The number of halogens is 2. The van der Waals surface area contributed by atoms with E-state index >= 15 is 0 Å². The number of amides is 1. The number of phenols is 1. The highest BCUT2D eigenvalue weighted by atomic mass is 35.5. The lowest BCUT2D eigenvalue weighted by atomic mass is 9.71. The smallest absolute Gasteiger partial charge is 0.263 e. The number of hydrogen-bond acceptors (Lipinski definition) is 9. The highest BCUT2D eigenvalue weighted by molar-refractivity contribution is 7.92. The number of sulfonamides is 1. The van der Waals surface area contributed by atoms with Crippen LogP contribution in [0.1, 0.15) is 52.0 Å². The Balaban J connectivity index is 1.44. The van der Waals surface area contributed by atoms with Crippen LogP contribution in [0.4, 0.5) is 5.69 Å². The van der Waals surface area contributed by atoms with Crippen LogP contribution >= 0.6 is 23.2 Å². The Morgan fingerprint density at radius 3 is 2.23 bits per heavy atom. The molecule has 1 aliphatic heterocycles. The molecule has 0 spiro atoms. The lowest BCUT2D eigenvalue weighted by molar-refractivity contribution is -0.123. The molecular formula is C33H30Cl2N2O9S. The van der Waals surface area contributed by atoms with Crippen molar-refractivity contribution in [1.29, 1.82) is 0 Å². The Kier molecular flexibility index (Phi) is 8.59. The summed E-state index contributed by atoms with van der Waals surface area (Å²) in [5.74, 6) is -3.40. The van der Waals surface area contributed by atoms with Crippen molar-refractivity contribution in [3.05, 3.63) is 96.9 Å². The van der Waals surface area contributed by atoms with Crippen molar-refractivity contribution in [2.24, 2.45) is 0 Å². The second kappa shape index (κ2) is 11.9. The molecule has 4 N–H and O–H groups in total. The van der Waals surface area contributed by atoms with E-state index in [1.807, 2.05) is 0 Å². The number of methoxy groups -OCH3 is 1. The molecule has 0 radical (unpaired) electrons. The van der Waals surface area contributed by atoms with Gasteiger partial charge in [-0.2, -0.15) is 0 Å². The molecule has 3 aromatic rings. The summed E-state index contributed by atoms with van der Waals surface area (Å²) in [4.78, 5) is 39.3. The summed E-state index contributed by atoms with van der Waals surface area (Å²) in [6.07, 6.45) is 1.12. The summed E-state index contributed by atoms with van der Waals surface area (Å²) < 4.78 is 40.2. The molecule has 3 aromatic carbocycles. The molecule has 1 aliphatic carbocycles. The summed E-state index contributed by atoms with van der Waals surface area (Å²) in [5.41, 5.74) is 0.520. The molecule has 47 heavy (non-hydrogen) atoms. The molecule has 11 nitrogen and oxygen atoms in total. The van der Waals surface area contributed by atoms with E-state index in [0.29, 0.717) is 27.3 Å². The van der Waals surface area contributed by atoms with Gasteiger partial charge in [-0.1, -0.05) is 23.2 Å². The average molecular weight is 702 g/mol. The maximum absolute atomic E-state index is 13.7. The van der Waals surface area contributed by atoms with E-state index < -0.39 is 50.0 Å². The van der Waals surface area contributed by atoms with Gasteiger partial charge in [0.1, 0.15) is 44.5 Å². The molecule has 2 aliphatic rings. The van der Waals surface area contributed by atoms with E-state index in [-0.39, 0.29) is 50.5 Å². The minimum absolute atomic E-state index is 0.000262. The summed E-state index contributed by atoms with van der Waals surface area (Å²) in [7, 11) is -2.77. The van der Waals surface area contributed by atoms with Crippen LogP contribution in [-0.2, 0) is 31.6 Å². The van der Waals surface area contributed by atoms with Crippen molar-refractivity contribution in [2.75, 3.05) is 11.8 Å². The first-order valence-corrected chi connectivity index (χ1v) is 16.4. The molecule has 0 bridgehead atoms. The number of fused-ring (bicyclic) bond motifs is 3. The lowest BCUT2D eigenvalue weighted by Gasteiger charge is -2.27. The third kappa shape index (κ3) is 5.60. The molecule has 0 saturated carbocycles. The lowest BCUT2D eigenvalue weighted by Crippen LogP contribution is -2.38. The fourth-order valence-corrected chi connectivity index (χ4v) is 7.73. The number of benzene rings is 3. The number of allylic oxidation sites excluding steroid dienone is 3. The molecule has 1 heterocycles. The van der Waals surface area contributed by atoms with Crippen molar-refractivity contribution in [2.45, 2.75) is 51.5 Å². The zero-order valence-corrected chi connectivity index (χ0v) is 28.4. The Morgan fingerprint density at radius 1 is 1.00 bits per heavy atom. The second-order valence-corrected chi connectivity index (χ2v) is 13.9. The molecule has 0 aromatic heterocycles. The van der Waals surface area contributed by atoms with Gasteiger partial charge in [0.2, 0.25) is 0 Å². The minimum atomic E-state index is -4.06. The largest absolute Gasteiger partial charge is 0.507 e. The summed E-state index contributed by atoms with van der Waals surface area (Å²) in [6.45, 7) is 7.74. The molecule has 246 valence electrons. The molecule has 5 rings (SSSR count). The van der Waals surface area contributed by atoms with Gasteiger partial charge in [-0.05, 0) is 81.1 Å². The first-order chi connectivity index (χ1) is 21.9. The number of nitrogens with one attached hydrogen (secondary N) is 2. The number of ether oxygens (including phenoxy) is 2. The molecule has 0 unspecified atom stereocenters. The predicted molar refractivity (Wildman–Crippen MR) is 175 cm³/mol. The third-order valence-electron chi connectivity index (χ3n) is 8.31. The predicted octanol–water partition coefficient (Wildman–Crippen LogP) is 5.88. The SMILES string of the molecule is COc1cc(O)c2c(c1C(=O)NCc1c(C)cc(NS(=O)(=O)c3cc(C)c(Cl)cc3Cl)cc1C)OC1=CC(O)=C(C(C)=O)C(=O)[C@]12C. The molecule has 14 heteroatoms. The maximum Gasteiger partial charge on any atom is 0.263 e. The van der Waals surface area contributed by atoms with Crippen molar-refractivity contribution >= 4 is 56.4 Å². The van der Waals surface area contributed by atoms with E-state index in [0.717, 1.165) is 13.0 Å². The topological polar surface area (TPSA) is 168 Å². The third-order valence-corrected chi connectivity index (χ3v) is 10.6. The number of aromatic hydroxyl groups is 1. The Morgan fingerprint density at radius 2 is 1.64 bits per heavy atom. The van der Waals surface area contributed by atoms with E-state index in [2.05, 4.69) is 10.0 Å². The van der Waals surface area contributed by atoms with Crippen molar-refractivity contribution in [3.63, 3.8) is 0 Å². The van der Waals surface area contributed by atoms with Crippen LogP contribution in [0.5, 0.6) is 17.2 Å². The van der Waals surface area contributed by atoms with Gasteiger partial charge in [-0.15, -0.1) is 0 Å². The van der Waals surface area contributed by atoms with Gasteiger partial charge in [-0.3, -0.25) is 19.1 Å². The van der Waals surface area contributed by atoms with E-state index in [9.17, 15) is 33.0 Å². The number of anilines is 1. The van der Waals surface area contributed by atoms with Crippen LogP contribution in [0.15, 0.2) is 58.4 Å². The van der Waals surface area contributed by atoms with Gasteiger partial charge in [0.05, 0.1) is 17.7 Å². The van der Waals surface area contributed by atoms with Gasteiger partial charge < -0.3 is 25.0 Å². The highest BCUT2D eigenvalue weighted by Gasteiger charge is 2.55. The number of ketones is 2. The number of carbonyl (C=O) groups is 3. The van der Waals surface area contributed by atoms with Crippen molar-refractivity contribution in [1.82, 2.24) is 5.32 Å². The molecule has 1 amide bonds. The molecule has 0 saturated heterocycles. The van der Waals surface area contributed by atoms with Crippen molar-refractivity contribution in [3.8, 4) is 17.2 Å². The Labute approximate surface area is 280 Å². The zero-order chi connectivity index (χ0) is 34.7. The first-order valence-electron chi connectivity index (χ1n) is 14.1. The number of Topliss-reactive ketones (excluding diaryl/α,β-unsaturated/α-hetero) is 2. The van der Waals surface area contributed by atoms with Crippen LogP contribution in [0.25, 0.3) is 0 Å². The molecule has 1 atom stereocenters. The van der Waals surface area contributed by atoms with E-state index in [1.54, 1.807) is 32.9 Å². The normalized spacial score (nSPS) is 17.0. The highest BCUT2D eigenvalue weighted by Crippen LogP contribution is 2.56. The van der Waals surface area contributed by atoms with Gasteiger partial charge in [0, 0.05) is 29.4 Å². The molecule has 0 fully saturated rings. The summed E-state index contributed by atoms with van der Waals surface area (Å²) in [5, 5.41) is 24.5. The van der Waals surface area contributed by atoms with Crippen LogP contribution in [-0.4, -0.2) is 43.2 Å². The number of carbonyl (C=O) groups excluding carboxylic acids is 3. The zero-order valence-electron chi connectivity index (χ0n) is 26.1. The Bertz CT molecular complexity index is 2080.